The van der Waals surface area contributed by atoms with Crippen LogP contribution >= 0.6 is 24.0 Å². The highest BCUT2D eigenvalue weighted by atomic mass is 127. The largest absolute Gasteiger partial charge is 0.330 e. The van der Waals surface area contributed by atoms with Crippen LogP contribution in [0.2, 0.25) is 0 Å². The topological polar surface area (TPSA) is 26.0 Å². The molecule has 0 atom stereocenters. The van der Waals surface area contributed by atoms with Gasteiger partial charge in [0.1, 0.15) is 0 Å². The second-order valence-corrected chi connectivity index (χ2v) is 3.21. The lowest BCUT2D eigenvalue weighted by atomic mass is 10.0. The lowest BCUT2D eigenvalue weighted by Crippen LogP contribution is -1.98. The van der Waals surface area contributed by atoms with E-state index in [-0.39, 0.29) is 24.0 Å². The molecule has 0 aromatic heterocycles. The molecule has 2 N–H and O–H groups in total. The number of hydrogen-bond acceptors (Lipinski definition) is 1. The van der Waals surface area contributed by atoms with Crippen molar-refractivity contribution >= 4 is 24.0 Å². The Morgan fingerprint density at radius 2 is 2.31 bits per heavy atom. The zero-order valence-electron chi connectivity index (χ0n) is 8.12. The average molecular weight is 291 g/mol. The van der Waals surface area contributed by atoms with Crippen LogP contribution < -0.4 is 5.73 Å². The molecule has 1 nitrogen and oxygen atoms in total. The third-order valence-electron chi connectivity index (χ3n) is 1.98. The van der Waals surface area contributed by atoms with E-state index in [4.69, 9.17) is 5.73 Å². The minimum absolute atomic E-state index is 0. The first-order chi connectivity index (χ1) is 5.83. The number of nitrogens with two attached hydrogens (primary N) is 1. The van der Waals surface area contributed by atoms with Crippen molar-refractivity contribution in [3.63, 3.8) is 0 Å². The van der Waals surface area contributed by atoms with Gasteiger partial charge >= 0.3 is 0 Å². The lowest BCUT2D eigenvalue weighted by Gasteiger charge is -2.03. The fraction of sp³-hybridized carbons (Fsp3) is 0.455. The van der Waals surface area contributed by atoms with Gasteiger partial charge in [-0.3, -0.25) is 0 Å². The van der Waals surface area contributed by atoms with E-state index in [9.17, 15) is 0 Å². The molecule has 0 aliphatic heterocycles. The van der Waals surface area contributed by atoms with Crippen molar-refractivity contribution in [2.75, 3.05) is 6.54 Å². The molecule has 0 saturated carbocycles. The lowest BCUT2D eigenvalue weighted by molar-refractivity contribution is 0.947. The predicted molar refractivity (Wildman–Crippen MR) is 69.3 cm³/mol. The first-order valence-corrected chi connectivity index (χ1v) is 4.57. The predicted octanol–water partition coefficient (Wildman–Crippen LogP) is 3.18. The smallest absolute Gasteiger partial charge is 0.00399 e. The van der Waals surface area contributed by atoms with E-state index in [0.717, 1.165) is 13.0 Å². The van der Waals surface area contributed by atoms with Crippen LogP contribution in [0.4, 0.5) is 0 Å². The molecule has 0 fully saturated rings. The van der Waals surface area contributed by atoms with Gasteiger partial charge < -0.3 is 5.73 Å². The summed E-state index contributed by atoms with van der Waals surface area (Å²) in [5.74, 6) is 0. The van der Waals surface area contributed by atoms with E-state index in [1.54, 1.807) is 0 Å². The molecule has 0 amide bonds. The summed E-state index contributed by atoms with van der Waals surface area (Å²) in [5.41, 5.74) is 8.17. The summed E-state index contributed by atoms with van der Waals surface area (Å²) in [5, 5.41) is 0. The molecule has 0 spiro atoms. The highest BCUT2D eigenvalue weighted by Crippen LogP contribution is 2.13. The van der Waals surface area contributed by atoms with E-state index in [0.29, 0.717) is 0 Å². The summed E-state index contributed by atoms with van der Waals surface area (Å²) >= 11 is 0. The molecular formula is C11H18IN. The summed E-state index contributed by atoms with van der Waals surface area (Å²) in [7, 11) is 0. The Labute approximate surface area is 97.8 Å². The maximum Gasteiger partial charge on any atom is -0.00399 e. The van der Waals surface area contributed by atoms with Crippen LogP contribution in [0.5, 0.6) is 0 Å². The minimum atomic E-state index is 0. The molecule has 0 radical (unpaired) electrons. The molecular weight excluding hydrogens is 273 g/mol. The molecule has 0 bridgehead atoms. The molecule has 1 rings (SSSR count). The van der Waals surface area contributed by atoms with Gasteiger partial charge in [0.15, 0.2) is 0 Å². The van der Waals surface area contributed by atoms with E-state index < -0.39 is 0 Å². The van der Waals surface area contributed by atoms with Crippen LogP contribution in [0.15, 0.2) is 35.5 Å². The van der Waals surface area contributed by atoms with E-state index >= 15 is 0 Å². The van der Waals surface area contributed by atoms with Crippen LogP contribution in [0, 0.1) is 0 Å². The van der Waals surface area contributed by atoms with E-state index in [1.165, 1.54) is 24.0 Å². The van der Waals surface area contributed by atoms with Crippen LogP contribution in [0.1, 0.15) is 26.2 Å². The Morgan fingerprint density at radius 1 is 1.54 bits per heavy atom. The van der Waals surface area contributed by atoms with Gasteiger partial charge in [-0.05, 0) is 38.3 Å². The molecule has 74 valence electrons. The summed E-state index contributed by atoms with van der Waals surface area (Å²) in [6.07, 6.45) is 12.3. The van der Waals surface area contributed by atoms with Crippen molar-refractivity contribution in [1.29, 1.82) is 0 Å². The molecule has 0 aromatic rings. The SMILES string of the molecule is C/C(=C\C1=CCCC=C1)CCN.I. The fourth-order valence-corrected chi connectivity index (χ4v) is 1.33. The van der Waals surface area contributed by atoms with Crippen molar-refractivity contribution in [2.24, 2.45) is 5.73 Å². The Hall–Kier alpha value is -0.0900. The first-order valence-electron chi connectivity index (χ1n) is 4.57. The minimum Gasteiger partial charge on any atom is -0.330 e. The molecule has 13 heavy (non-hydrogen) atoms. The number of halogens is 1. The molecule has 2 heteroatoms. The highest BCUT2D eigenvalue weighted by molar-refractivity contribution is 14.0. The standard InChI is InChI=1S/C11H17N.HI/c1-10(7-8-12)9-11-5-3-2-4-6-11;/h3,5-6,9H,2,4,7-8,12H2,1H3;1H/b10-9+;. The van der Waals surface area contributed by atoms with Crippen molar-refractivity contribution in [3.05, 3.63) is 35.5 Å². The average Bonchev–Trinajstić information content (AvgIpc) is 2.06. The van der Waals surface area contributed by atoms with Crippen LogP contribution in [0.3, 0.4) is 0 Å². The summed E-state index contributed by atoms with van der Waals surface area (Å²) in [6.45, 7) is 2.88. The number of hydrogen-bond donors (Lipinski definition) is 1. The van der Waals surface area contributed by atoms with Crippen LogP contribution in [0.25, 0.3) is 0 Å². The molecule has 0 unspecified atom stereocenters. The third kappa shape index (κ3) is 5.26. The molecule has 1 aliphatic rings. The first kappa shape index (κ1) is 12.9. The van der Waals surface area contributed by atoms with Gasteiger partial charge in [0.25, 0.3) is 0 Å². The van der Waals surface area contributed by atoms with Crippen molar-refractivity contribution in [1.82, 2.24) is 0 Å². The summed E-state index contributed by atoms with van der Waals surface area (Å²) in [6, 6.07) is 0. The van der Waals surface area contributed by atoms with Crippen molar-refractivity contribution in [2.45, 2.75) is 26.2 Å². The van der Waals surface area contributed by atoms with Gasteiger partial charge in [0, 0.05) is 0 Å². The number of rotatable bonds is 3. The highest BCUT2D eigenvalue weighted by Gasteiger charge is 1.94. The van der Waals surface area contributed by atoms with E-state index in [2.05, 4.69) is 31.2 Å². The van der Waals surface area contributed by atoms with Crippen molar-refractivity contribution < 1.29 is 0 Å². The number of allylic oxidation sites excluding steroid dienone is 5. The summed E-state index contributed by atoms with van der Waals surface area (Å²) < 4.78 is 0. The Bertz CT molecular complexity index is 226. The van der Waals surface area contributed by atoms with Crippen molar-refractivity contribution in [3.8, 4) is 0 Å². The van der Waals surface area contributed by atoms with Gasteiger partial charge in [0.2, 0.25) is 0 Å². The molecule has 0 aromatic carbocycles. The maximum absolute atomic E-state index is 5.46. The Morgan fingerprint density at radius 3 is 2.85 bits per heavy atom. The van der Waals surface area contributed by atoms with E-state index in [1.807, 2.05) is 0 Å². The molecule has 0 saturated heterocycles. The summed E-state index contributed by atoms with van der Waals surface area (Å²) in [4.78, 5) is 0. The van der Waals surface area contributed by atoms with Gasteiger partial charge in [-0.25, -0.2) is 0 Å². The van der Waals surface area contributed by atoms with Gasteiger partial charge in [-0.2, -0.15) is 0 Å². The maximum atomic E-state index is 5.46. The molecule has 1 aliphatic carbocycles. The molecule has 0 heterocycles. The monoisotopic (exact) mass is 291 g/mol. The zero-order chi connectivity index (χ0) is 8.81. The van der Waals surface area contributed by atoms with Gasteiger partial charge in [-0.1, -0.05) is 29.9 Å². The normalized spacial score (nSPS) is 16.5. The Kier molecular flexibility index (Phi) is 7.28. The van der Waals surface area contributed by atoms with Gasteiger partial charge in [0.05, 0.1) is 0 Å². The van der Waals surface area contributed by atoms with Crippen LogP contribution in [-0.2, 0) is 0 Å². The van der Waals surface area contributed by atoms with Gasteiger partial charge in [-0.15, -0.1) is 24.0 Å². The third-order valence-corrected chi connectivity index (χ3v) is 1.98. The second kappa shape index (κ2) is 7.33. The van der Waals surface area contributed by atoms with Crippen LogP contribution in [-0.4, -0.2) is 6.54 Å². The Balaban J connectivity index is 0.00000144. The fourth-order valence-electron chi connectivity index (χ4n) is 1.33. The quantitative estimate of drug-likeness (QED) is 0.794. The second-order valence-electron chi connectivity index (χ2n) is 3.21. The zero-order valence-corrected chi connectivity index (χ0v) is 10.5.